The second-order valence-electron chi connectivity index (χ2n) is 9.04. The summed E-state index contributed by atoms with van der Waals surface area (Å²) in [7, 11) is 0. The number of amides is 1. The summed E-state index contributed by atoms with van der Waals surface area (Å²) >= 11 is 0. The fraction of sp³-hybridized carbons (Fsp3) is 0.385. The zero-order valence-electron chi connectivity index (χ0n) is 18.5. The van der Waals surface area contributed by atoms with Gasteiger partial charge in [0.15, 0.2) is 6.61 Å². The van der Waals surface area contributed by atoms with Crippen molar-refractivity contribution in [3.8, 4) is 0 Å². The maximum absolute atomic E-state index is 12.9. The molecule has 0 atom stereocenters. The molecule has 0 radical (unpaired) electrons. The van der Waals surface area contributed by atoms with Gasteiger partial charge in [0.05, 0.1) is 17.3 Å². The maximum atomic E-state index is 12.9. The fourth-order valence-corrected chi connectivity index (χ4v) is 4.34. The standard InChI is InChI=1S/C26H27N3O4/c30-23(27-17-26(14-15-26)18-6-2-1-3-7-18)16-33-24(31)13-12-22-28-21-9-5-4-8-20(21)25(32)29(22)19-10-11-19/h1-9,19H,10-17H2,(H,27,30). The van der Waals surface area contributed by atoms with Crippen molar-refractivity contribution in [1.82, 2.24) is 14.9 Å². The Morgan fingerprint density at radius 3 is 2.52 bits per heavy atom. The van der Waals surface area contributed by atoms with Gasteiger partial charge in [0.25, 0.3) is 11.5 Å². The van der Waals surface area contributed by atoms with Crippen LogP contribution in [0.25, 0.3) is 10.9 Å². The predicted octanol–water partition coefficient (Wildman–Crippen LogP) is 3.06. The highest BCUT2D eigenvalue weighted by molar-refractivity contribution is 5.81. The second-order valence-corrected chi connectivity index (χ2v) is 9.04. The lowest BCUT2D eigenvalue weighted by atomic mass is 9.96. The molecule has 5 rings (SSSR count). The topological polar surface area (TPSA) is 90.3 Å². The van der Waals surface area contributed by atoms with E-state index in [1.54, 1.807) is 10.6 Å². The Morgan fingerprint density at radius 1 is 1.06 bits per heavy atom. The average Bonchev–Trinajstić information content (AvgIpc) is 3.76. The third-order valence-electron chi connectivity index (χ3n) is 6.57. The molecule has 1 heterocycles. The molecule has 7 nitrogen and oxygen atoms in total. The molecule has 2 aliphatic carbocycles. The molecule has 1 aromatic heterocycles. The van der Waals surface area contributed by atoms with Crippen LogP contribution in [0.4, 0.5) is 0 Å². The van der Waals surface area contributed by atoms with E-state index in [1.165, 1.54) is 5.56 Å². The van der Waals surface area contributed by atoms with Crippen molar-refractivity contribution in [2.24, 2.45) is 0 Å². The van der Waals surface area contributed by atoms with Gasteiger partial charge in [0.2, 0.25) is 0 Å². The molecule has 0 unspecified atom stereocenters. The molecular formula is C26H27N3O4. The van der Waals surface area contributed by atoms with Gasteiger partial charge in [-0.3, -0.25) is 19.0 Å². The summed E-state index contributed by atoms with van der Waals surface area (Å²) in [6, 6.07) is 17.6. The van der Waals surface area contributed by atoms with E-state index in [-0.39, 0.29) is 36.0 Å². The third-order valence-corrected chi connectivity index (χ3v) is 6.57. The monoisotopic (exact) mass is 445 g/mol. The molecule has 7 heteroatoms. The van der Waals surface area contributed by atoms with Crippen molar-refractivity contribution in [3.63, 3.8) is 0 Å². The highest BCUT2D eigenvalue weighted by Gasteiger charge is 2.44. The van der Waals surface area contributed by atoms with Crippen LogP contribution in [-0.2, 0) is 26.2 Å². The highest BCUT2D eigenvalue weighted by Crippen LogP contribution is 2.47. The van der Waals surface area contributed by atoms with E-state index in [4.69, 9.17) is 4.74 Å². The van der Waals surface area contributed by atoms with E-state index < -0.39 is 5.97 Å². The summed E-state index contributed by atoms with van der Waals surface area (Å²) in [5, 5.41) is 3.49. The van der Waals surface area contributed by atoms with Gasteiger partial charge in [-0.25, -0.2) is 4.98 Å². The molecule has 3 aromatic rings. The number of rotatable bonds is 9. The van der Waals surface area contributed by atoms with Gasteiger partial charge in [-0.1, -0.05) is 42.5 Å². The van der Waals surface area contributed by atoms with Gasteiger partial charge in [0, 0.05) is 24.4 Å². The van der Waals surface area contributed by atoms with Gasteiger partial charge < -0.3 is 10.1 Å². The number of esters is 1. The van der Waals surface area contributed by atoms with E-state index in [0.717, 1.165) is 25.7 Å². The van der Waals surface area contributed by atoms with Crippen LogP contribution in [0.2, 0.25) is 0 Å². The van der Waals surface area contributed by atoms with Crippen molar-refractivity contribution in [3.05, 3.63) is 76.3 Å². The highest BCUT2D eigenvalue weighted by atomic mass is 16.5. The number of para-hydroxylation sites is 1. The largest absolute Gasteiger partial charge is 0.456 e. The van der Waals surface area contributed by atoms with E-state index in [0.29, 0.717) is 29.7 Å². The van der Waals surface area contributed by atoms with Crippen LogP contribution < -0.4 is 10.9 Å². The summed E-state index contributed by atoms with van der Waals surface area (Å²) < 4.78 is 6.91. The van der Waals surface area contributed by atoms with Crippen LogP contribution in [-0.4, -0.2) is 34.6 Å². The first-order valence-corrected chi connectivity index (χ1v) is 11.5. The number of nitrogens with one attached hydrogen (secondary N) is 1. The molecule has 2 fully saturated rings. The lowest BCUT2D eigenvalue weighted by molar-refractivity contribution is -0.148. The van der Waals surface area contributed by atoms with Crippen LogP contribution in [0.1, 0.15) is 49.5 Å². The summed E-state index contributed by atoms with van der Waals surface area (Å²) in [4.78, 5) is 42.0. The second kappa shape index (κ2) is 8.81. The summed E-state index contributed by atoms with van der Waals surface area (Å²) in [5.41, 5.74) is 1.81. The fourth-order valence-electron chi connectivity index (χ4n) is 4.34. The Hall–Kier alpha value is -3.48. The number of ether oxygens (including phenoxy) is 1. The predicted molar refractivity (Wildman–Crippen MR) is 124 cm³/mol. The van der Waals surface area contributed by atoms with Gasteiger partial charge in [0.1, 0.15) is 5.82 Å². The lowest BCUT2D eigenvalue weighted by Gasteiger charge is -2.16. The molecule has 0 saturated heterocycles. The third kappa shape index (κ3) is 4.67. The lowest BCUT2D eigenvalue weighted by Crippen LogP contribution is -2.35. The Balaban J connectivity index is 1.14. The van der Waals surface area contributed by atoms with Crippen LogP contribution in [0.15, 0.2) is 59.4 Å². The minimum absolute atomic E-state index is 0.00908. The van der Waals surface area contributed by atoms with Gasteiger partial charge >= 0.3 is 5.97 Å². The maximum Gasteiger partial charge on any atom is 0.306 e. The molecule has 170 valence electrons. The molecule has 1 N–H and O–H groups in total. The number of aromatic nitrogens is 2. The zero-order chi connectivity index (χ0) is 22.8. The number of carbonyl (C=O) groups excluding carboxylic acids is 2. The van der Waals surface area contributed by atoms with Gasteiger partial charge in [-0.2, -0.15) is 0 Å². The average molecular weight is 446 g/mol. The number of nitrogens with zero attached hydrogens (tertiary/aromatic N) is 2. The first kappa shape index (κ1) is 21.4. The SMILES string of the molecule is O=C(COC(=O)CCc1nc2ccccc2c(=O)n1C1CC1)NCC1(c2ccccc2)CC1. The first-order chi connectivity index (χ1) is 16.1. The molecule has 0 spiro atoms. The van der Waals surface area contributed by atoms with Gasteiger partial charge in [-0.05, 0) is 43.4 Å². The van der Waals surface area contributed by atoms with E-state index in [1.807, 2.05) is 36.4 Å². The Morgan fingerprint density at radius 2 is 1.79 bits per heavy atom. The van der Waals surface area contributed by atoms with Crippen molar-refractivity contribution in [2.75, 3.05) is 13.2 Å². The molecule has 0 aliphatic heterocycles. The first-order valence-electron chi connectivity index (χ1n) is 11.5. The molecule has 1 amide bonds. The Bertz CT molecular complexity index is 1240. The summed E-state index contributed by atoms with van der Waals surface area (Å²) in [6.07, 6.45) is 4.34. The normalized spacial score (nSPS) is 16.4. The van der Waals surface area contributed by atoms with Crippen molar-refractivity contribution >= 4 is 22.8 Å². The summed E-state index contributed by atoms with van der Waals surface area (Å²) in [5.74, 6) is -0.176. The number of hydrogen-bond acceptors (Lipinski definition) is 5. The number of carbonyl (C=O) groups is 2. The van der Waals surface area contributed by atoms with Crippen LogP contribution in [0.3, 0.4) is 0 Å². The van der Waals surface area contributed by atoms with Crippen LogP contribution >= 0.6 is 0 Å². The molecule has 2 aliphatic rings. The van der Waals surface area contributed by atoms with Crippen molar-refractivity contribution < 1.29 is 14.3 Å². The van der Waals surface area contributed by atoms with Gasteiger partial charge in [-0.15, -0.1) is 0 Å². The smallest absolute Gasteiger partial charge is 0.306 e. The molecule has 0 bridgehead atoms. The summed E-state index contributed by atoms with van der Waals surface area (Å²) in [6.45, 7) is 0.242. The zero-order valence-corrected chi connectivity index (χ0v) is 18.5. The molecular weight excluding hydrogens is 418 g/mol. The number of benzene rings is 2. The van der Waals surface area contributed by atoms with E-state index in [9.17, 15) is 14.4 Å². The van der Waals surface area contributed by atoms with E-state index in [2.05, 4.69) is 22.4 Å². The molecule has 33 heavy (non-hydrogen) atoms. The van der Waals surface area contributed by atoms with Crippen LogP contribution in [0, 0.1) is 0 Å². The minimum atomic E-state index is -0.473. The minimum Gasteiger partial charge on any atom is -0.456 e. The Kier molecular flexibility index (Phi) is 5.70. The molecule has 2 aromatic carbocycles. The number of aryl methyl sites for hydroxylation is 1. The molecule has 2 saturated carbocycles. The Labute approximate surface area is 191 Å². The quantitative estimate of drug-likeness (QED) is 0.511. The van der Waals surface area contributed by atoms with Crippen molar-refractivity contribution in [1.29, 1.82) is 0 Å². The van der Waals surface area contributed by atoms with E-state index >= 15 is 0 Å². The van der Waals surface area contributed by atoms with Crippen molar-refractivity contribution in [2.45, 2.75) is 50.0 Å². The number of hydrogen-bond donors (Lipinski definition) is 1. The van der Waals surface area contributed by atoms with Crippen LogP contribution in [0.5, 0.6) is 0 Å². The number of fused-ring (bicyclic) bond motifs is 1.